The van der Waals surface area contributed by atoms with Crippen LogP contribution in [0.1, 0.15) is 41.6 Å². The number of aromatic nitrogens is 3. The molecule has 1 fully saturated rings. The van der Waals surface area contributed by atoms with E-state index in [1.54, 1.807) is 0 Å². The number of anilines is 1. The van der Waals surface area contributed by atoms with Gasteiger partial charge in [-0.15, -0.1) is 0 Å². The van der Waals surface area contributed by atoms with Gasteiger partial charge < -0.3 is 20.9 Å². The largest absolute Gasteiger partial charge is 0.382 e. The number of fused-ring (bicyclic) bond motifs is 4. The molecule has 2 aliphatic heterocycles. The summed E-state index contributed by atoms with van der Waals surface area (Å²) in [5, 5.41) is 1.07. The van der Waals surface area contributed by atoms with Gasteiger partial charge in [-0.2, -0.15) is 4.99 Å². The van der Waals surface area contributed by atoms with E-state index in [0.29, 0.717) is 15.9 Å². The van der Waals surface area contributed by atoms with Gasteiger partial charge >= 0.3 is 5.96 Å². The number of aryl methyl sites for hydroxylation is 1. The van der Waals surface area contributed by atoms with Gasteiger partial charge in [0.25, 0.3) is 0 Å². The number of para-hydroxylation sites is 3. The Morgan fingerprint density at radius 1 is 0.929 bits per heavy atom. The molecule has 9 heteroatoms. The summed E-state index contributed by atoms with van der Waals surface area (Å²) < 4.78 is 2.88. The highest BCUT2D eigenvalue weighted by Gasteiger charge is 2.47. The first-order chi connectivity index (χ1) is 20.5. The highest BCUT2D eigenvalue weighted by atomic mass is 16.1. The molecule has 0 radical (unpaired) electrons. The zero-order valence-corrected chi connectivity index (χ0v) is 23.6. The maximum absolute atomic E-state index is 11.7. The van der Waals surface area contributed by atoms with Crippen LogP contribution in [0.2, 0.25) is 0 Å². The maximum Gasteiger partial charge on any atom is 0.311 e. The van der Waals surface area contributed by atoms with E-state index in [-0.39, 0.29) is 0 Å². The Kier molecular flexibility index (Phi) is 6.59. The summed E-state index contributed by atoms with van der Waals surface area (Å²) in [6, 6.07) is 24.4. The molecule has 5 aromatic rings. The number of nitrogen functional groups attached to an aromatic ring is 1. The first-order valence-corrected chi connectivity index (χ1v) is 14.7. The number of amides is 1. The van der Waals surface area contributed by atoms with Crippen molar-refractivity contribution in [3.8, 4) is 0 Å². The van der Waals surface area contributed by atoms with Gasteiger partial charge in [0, 0.05) is 42.2 Å². The van der Waals surface area contributed by atoms with E-state index in [2.05, 4.69) is 49.8 Å². The Labute approximate surface area is 244 Å². The number of imidazole rings is 1. The monoisotopic (exact) mass is 559 g/mol. The maximum atomic E-state index is 11.7. The summed E-state index contributed by atoms with van der Waals surface area (Å²) in [6.07, 6.45) is 6.21. The van der Waals surface area contributed by atoms with E-state index < -0.39 is 5.91 Å². The van der Waals surface area contributed by atoms with Crippen molar-refractivity contribution in [2.75, 3.05) is 25.4 Å². The Bertz CT molecular complexity index is 1820. The molecule has 4 heterocycles. The molecule has 1 atom stereocenters. The Morgan fingerprint density at radius 2 is 1.69 bits per heavy atom. The molecule has 0 bridgehead atoms. The lowest BCUT2D eigenvalue weighted by Crippen LogP contribution is -2.58. The number of carbonyl (C=O) groups is 1. The Balaban J connectivity index is 1.20. The van der Waals surface area contributed by atoms with E-state index in [4.69, 9.17) is 16.5 Å². The number of pyridine rings is 1. The molecule has 1 amide bonds. The fourth-order valence-electron chi connectivity index (χ4n) is 6.67. The van der Waals surface area contributed by atoms with Gasteiger partial charge in [0.2, 0.25) is 5.91 Å². The summed E-state index contributed by atoms with van der Waals surface area (Å²) >= 11 is 0. The molecule has 0 saturated carbocycles. The minimum Gasteiger partial charge on any atom is -0.382 e. The average Bonchev–Trinajstić information content (AvgIpc) is 3.75. The van der Waals surface area contributed by atoms with Gasteiger partial charge in [-0.05, 0) is 49.9 Å². The standard InChI is InChI=1S/C33H34N8O/c34-31-29-30(25-9-1-2-10-26(25)37-31)40(22-36-29)19-7-8-20-41(21-23-13-15-24(16-14-23)32(35)42)28-12-4-3-11-27(28)38-33(41)39-17-5-6-18-39/h1-4,9-16,22H,5-8,17-21H2,(H3-,34,35,37,42)/p+1. The number of primary amides is 1. The van der Waals surface area contributed by atoms with Crippen LogP contribution in [0.5, 0.6) is 0 Å². The second-order valence-corrected chi connectivity index (χ2v) is 11.4. The van der Waals surface area contributed by atoms with Crippen molar-refractivity contribution in [2.24, 2.45) is 10.7 Å². The molecule has 4 N–H and O–H groups in total. The average molecular weight is 560 g/mol. The quantitative estimate of drug-likeness (QED) is 0.196. The topological polar surface area (TPSA) is 115 Å². The molecule has 1 saturated heterocycles. The van der Waals surface area contributed by atoms with Crippen LogP contribution in [0.25, 0.3) is 21.9 Å². The minimum atomic E-state index is -0.409. The third-order valence-electron chi connectivity index (χ3n) is 8.70. The van der Waals surface area contributed by atoms with Gasteiger partial charge in [0.05, 0.1) is 23.9 Å². The molecule has 212 valence electrons. The van der Waals surface area contributed by atoms with E-state index >= 15 is 0 Å². The molecule has 0 spiro atoms. The predicted octanol–water partition coefficient (Wildman–Crippen LogP) is 5.35. The van der Waals surface area contributed by atoms with Crippen LogP contribution in [-0.2, 0) is 13.1 Å². The van der Waals surface area contributed by atoms with Crippen LogP contribution in [0.15, 0.2) is 84.1 Å². The number of guanidine groups is 1. The molecular weight excluding hydrogens is 524 g/mol. The lowest BCUT2D eigenvalue weighted by Gasteiger charge is -2.38. The van der Waals surface area contributed by atoms with Crippen molar-refractivity contribution in [1.29, 1.82) is 0 Å². The summed E-state index contributed by atoms with van der Waals surface area (Å²) in [6.45, 7) is 4.54. The number of unbranched alkanes of at least 4 members (excludes halogenated alkanes) is 1. The molecule has 9 nitrogen and oxygen atoms in total. The second-order valence-electron chi connectivity index (χ2n) is 11.4. The van der Waals surface area contributed by atoms with Crippen LogP contribution in [-0.4, -0.2) is 50.9 Å². The zero-order valence-electron chi connectivity index (χ0n) is 23.6. The van der Waals surface area contributed by atoms with Gasteiger partial charge in [-0.25, -0.2) is 14.5 Å². The van der Waals surface area contributed by atoms with Crippen molar-refractivity contribution in [3.05, 3.63) is 90.3 Å². The van der Waals surface area contributed by atoms with Gasteiger partial charge in [0.15, 0.2) is 11.5 Å². The number of likely N-dealkylation sites (tertiary alicyclic amines) is 1. The predicted molar refractivity (Wildman–Crippen MR) is 168 cm³/mol. The van der Waals surface area contributed by atoms with Gasteiger partial charge in [-0.3, -0.25) is 4.79 Å². The summed E-state index contributed by atoms with van der Waals surface area (Å²) in [5.74, 6) is 1.19. The van der Waals surface area contributed by atoms with Crippen LogP contribution in [0.3, 0.4) is 0 Å². The van der Waals surface area contributed by atoms with Crippen LogP contribution in [0.4, 0.5) is 17.2 Å². The number of benzene rings is 3. The number of aliphatic imine (C=N–C) groups is 1. The van der Waals surface area contributed by atoms with Crippen LogP contribution in [0, 0.1) is 0 Å². The van der Waals surface area contributed by atoms with Gasteiger partial charge in [0.1, 0.15) is 17.7 Å². The first-order valence-electron chi connectivity index (χ1n) is 14.7. The van der Waals surface area contributed by atoms with E-state index in [1.807, 2.05) is 48.8 Å². The van der Waals surface area contributed by atoms with Crippen molar-refractivity contribution in [1.82, 2.24) is 23.9 Å². The van der Waals surface area contributed by atoms with Crippen molar-refractivity contribution >= 4 is 51.0 Å². The smallest absolute Gasteiger partial charge is 0.311 e. The molecule has 1 unspecified atom stereocenters. The molecule has 2 aliphatic rings. The number of hydrogen-bond donors (Lipinski definition) is 2. The number of rotatable bonds is 8. The lowest BCUT2D eigenvalue weighted by molar-refractivity contribution is 0.1000. The molecule has 42 heavy (non-hydrogen) atoms. The SMILES string of the molecule is NC(=O)c1ccc(C[N+]2(CCCCn3cnc4c(N)nc5ccccc5c43)C(N3CCCC3)=Nc3ccccc32)cc1. The summed E-state index contributed by atoms with van der Waals surface area (Å²) in [5.41, 5.74) is 18.4. The van der Waals surface area contributed by atoms with E-state index in [9.17, 15) is 4.79 Å². The molecule has 0 aliphatic carbocycles. The summed E-state index contributed by atoms with van der Waals surface area (Å²) in [4.78, 5) is 28.6. The highest BCUT2D eigenvalue weighted by Crippen LogP contribution is 2.44. The van der Waals surface area contributed by atoms with Crippen molar-refractivity contribution < 1.29 is 4.79 Å². The fourth-order valence-corrected chi connectivity index (χ4v) is 6.67. The number of nitrogens with zero attached hydrogens (tertiary/aromatic N) is 6. The molecular formula is C33H35N8O+. The zero-order chi connectivity index (χ0) is 28.7. The third kappa shape index (κ3) is 4.46. The number of nitrogens with two attached hydrogens (primary N) is 2. The lowest BCUT2D eigenvalue weighted by atomic mass is 10.1. The first kappa shape index (κ1) is 26.2. The summed E-state index contributed by atoms with van der Waals surface area (Å²) in [7, 11) is 0. The Morgan fingerprint density at radius 3 is 2.50 bits per heavy atom. The highest BCUT2D eigenvalue weighted by molar-refractivity contribution is 6.06. The second kappa shape index (κ2) is 10.6. The minimum absolute atomic E-state index is 0.409. The normalized spacial score (nSPS) is 18.1. The van der Waals surface area contributed by atoms with Crippen molar-refractivity contribution in [2.45, 2.75) is 38.8 Å². The fraction of sp³-hybridized carbons (Fsp3) is 0.273. The van der Waals surface area contributed by atoms with Crippen molar-refractivity contribution in [3.63, 3.8) is 0 Å². The third-order valence-corrected chi connectivity index (χ3v) is 8.70. The number of hydrogen-bond acceptors (Lipinski definition) is 6. The van der Waals surface area contributed by atoms with E-state index in [0.717, 1.165) is 84.7 Å². The van der Waals surface area contributed by atoms with Gasteiger partial charge in [-0.1, -0.05) is 42.5 Å². The molecule has 2 aromatic heterocycles. The van der Waals surface area contributed by atoms with Crippen LogP contribution < -0.4 is 16.0 Å². The Hall–Kier alpha value is -4.76. The number of quaternary nitrogens is 1. The molecule has 3 aromatic carbocycles. The number of carbonyl (C=O) groups excluding carboxylic acids is 1. The van der Waals surface area contributed by atoms with E-state index in [1.165, 1.54) is 18.5 Å². The van der Waals surface area contributed by atoms with Crippen LogP contribution >= 0.6 is 0 Å². The molecule has 7 rings (SSSR count).